The highest BCUT2D eigenvalue weighted by atomic mass is 17.1. The number of ether oxygens (including phenoxy) is 6. The molecule has 3 amide bonds. The van der Waals surface area contributed by atoms with Crippen LogP contribution in [0.2, 0.25) is 0 Å². The van der Waals surface area contributed by atoms with Crippen LogP contribution in [0.5, 0.6) is 17.2 Å². The van der Waals surface area contributed by atoms with Gasteiger partial charge >= 0.3 is 12.2 Å². The molecule has 1 aliphatic heterocycles. The number of fused-ring (bicyclic) bond motifs is 1. The van der Waals surface area contributed by atoms with Gasteiger partial charge in [-0.15, -0.1) is 0 Å². The number of nitrogens with one attached hydrogen (secondary N) is 2. The number of unbranched alkanes of at least 4 members (excludes halogenated alkanes) is 1. The number of carbonyl (C=O) groups excluding carboxylic acids is 4. The highest BCUT2D eigenvalue weighted by Gasteiger charge is 2.40. The van der Waals surface area contributed by atoms with Crippen molar-refractivity contribution >= 4 is 29.8 Å². The maximum atomic E-state index is 14.4. The minimum absolute atomic E-state index is 0.00276. The molecule has 0 fully saturated rings. The zero-order valence-electron chi connectivity index (χ0n) is 38.1. The lowest BCUT2D eigenvalue weighted by molar-refractivity contribution is -0.497. The second kappa shape index (κ2) is 26.6. The fourth-order valence-electron chi connectivity index (χ4n) is 7.27. The van der Waals surface area contributed by atoms with Crippen LogP contribution in [-0.2, 0) is 46.7 Å². The Morgan fingerprint density at radius 1 is 0.894 bits per heavy atom. The molecule has 0 aromatic heterocycles. The van der Waals surface area contributed by atoms with Crippen LogP contribution < -0.4 is 29.7 Å². The summed E-state index contributed by atoms with van der Waals surface area (Å²) in [5.41, 5.74) is 0.447. The molecule has 0 radical (unpaired) electrons. The van der Waals surface area contributed by atoms with Crippen LogP contribution in [-0.4, -0.2) is 108 Å². The van der Waals surface area contributed by atoms with Crippen LogP contribution in [0.15, 0.2) is 72.8 Å². The summed E-state index contributed by atoms with van der Waals surface area (Å²) in [6, 6.07) is 18.1. The number of methoxy groups -OCH3 is 1. The number of para-hydroxylation sites is 2. The van der Waals surface area contributed by atoms with E-state index in [1.807, 2.05) is 34.6 Å². The highest BCUT2D eigenvalue weighted by molar-refractivity contribution is 5.95. The predicted molar refractivity (Wildman–Crippen MR) is 232 cm³/mol. The molecule has 0 aliphatic carbocycles. The molecule has 0 saturated heterocycles. The normalized spacial score (nSPS) is 15.1. The highest BCUT2D eigenvalue weighted by Crippen LogP contribution is 2.37. The molecule has 364 valence electrons. The molecule has 0 bridgehead atoms. The van der Waals surface area contributed by atoms with Gasteiger partial charge < -0.3 is 44.0 Å². The Bertz CT molecular complexity index is 2000. The molecule has 21 heteroatoms. The zero-order chi connectivity index (χ0) is 48.2. The number of hydrogen-bond donors (Lipinski definition) is 6. The molecule has 4 rings (SSSR count). The standard InChI is InChI=1S/C45H63N5O16/c1-7-8-19-46-42(52)36(30(2)3)22-40(66-44(54)65-34-16-12-14-32(21-34)27-62-50(57)58)37(47-43(53)64-33-15-11-13-31(20-33)26-61-49(55)56)23-45(4,5)24-41(51)48-25-35(28-60-29-59-6)63-39-18-10-9-17-38(39)48/h9-18,20-21,30,35-37,40,55-58H,7-8,19,22-29H2,1-6H3,(H,46,52)(H,47,53)/t35-,36+,37?,40+/m1/s1. The van der Waals surface area contributed by atoms with Crippen molar-refractivity contribution in [2.75, 3.05) is 38.5 Å². The molecule has 66 heavy (non-hydrogen) atoms. The summed E-state index contributed by atoms with van der Waals surface area (Å²) in [7, 11) is 1.50. The Morgan fingerprint density at radius 3 is 2.14 bits per heavy atom. The maximum absolute atomic E-state index is 14.4. The van der Waals surface area contributed by atoms with Gasteiger partial charge in [-0.3, -0.25) is 30.4 Å². The molecule has 0 spiro atoms. The van der Waals surface area contributed by atoms with Gasteiger partial charge in [0.25, 0.3) is 0 Å². The monoisotopic (exact) mass is 929 g/mol. The lowest BCUT2D eigenvalue weighted by atomic mass is 9.78. The van der Waals surface area contributed by atoms with E-state index >= 15 is 0 Å². The number of rotatable bonds is 26. The van der Waals surface area contributed by atoms with Crippen LogP contribution in [0.4, 0.5) is 15.3 Å². The third-order valence-electron chi connectivity index (χ3n) is 10.4. The quantitative estimate of drug-likeness (QED) is 0.0164. The number of benzene rings is 3. The van der Waals surface area contributed by atoms with Crippen LogP contribution in [0.3, 0.4) is 0 Å². The number of carbonyl (C=O) groups is 4. The summed E-state index contributed by atoms with van der Waals surface area (Å²) in [6.07, 6.45) is -2.51. The summed E-state index contributed by atoms with van der Waals surface area (Å²) >= 11 is 0. The Balaban J connectivity index is 1.70. The van der Waals surface area contributed by atoms with E-state index < -0.39 is 52.6 Å². The summed E-state index contributed by atoms with van der Waals surface area (Å²) in [6.45, 7) is 9.56. The third-order valence-corrected chi connectivity index (χ3v) is 10.4. The van der Waals surface area contributed by atoms with Gasteiger partial charge in [0.2, 0.25) is 11.8 Å². The molecule has 6 N–H and O–H groups in total. The largest absolute Gasteiger partial charge is 0.514 e. The van der Waals surface area contributed by atoms with E-state index in [1.165, 1.54) is 31.4 Å². The molecule has 21 nitrogen and oxygen atoms in total. The van der Waals surface area contributed by atoms with E-state index in [2.05, 4.69) is 15.5 Å². The van der Waals surface area contributed by atoms with Crippen molar-refractivity contribution in [3.05, 3.63) is 83.9 Å². The first-order valence-electron chi connectivity index (χ1n) is 21.5. The van der Waals surface area contributed by atoms with Gasteiger partial charge in [0.15, 0.2) is 0 Å². The number of anilines is 1. The molecular formula is C45H63N5O16. The Morgan fingerprint density at radius 2 is 1.53 bits per heavy atom. The van der Waals surface area contributed by atoms with E-state index in [1.54, 1.807) is 53.4 Å². The smallest absolute Gasteiger partial charge is 0.484 e. The lowest BCUT2D eigenvalue weighted by Crippen LogP contribution is -2.51. The second-order valence-electron chi connectivity index (χ2n) is 16.8. The number of amides is 3. The van der Waals surface area contributed by atoms with Gasteiger partial charge in [-0.05, 0) is 78.1 Å². The topological polar surface area (TPSA) is 257 Å². The Labute approximate surface area is 383 Å². The van der Waals surface area contributed by atoms with Gasteiger partial charge in [-0.25, -0.2) is 19.3 Å². The third kappa shape index (κ3) is 18.1. The molecule has 1 unspecified atom stereocenters. The van der Waals surface area contributed by atoms with Crippen molar-refractivity contribution in [2.24, 2.45) is 17.3 Å². The van der Waals surface area contributed by atoms with Gasteiger partial charge in [0, 0.05) is 26.0 Å². The maximum Gasteiger partial charge on any atom is 0.514 e. The van der Waals surface area contributed by atoms with E-state index in [-0.39, 0.29) is 81.7 Å². The molecular weight excluding hydrogens is 867 g/mol. The molecule has 1 aliphatic rings. The van der Waals surface area contributed by atoms with Gasteiger partial charge in [0.05, 0.1) is 48.9 Å². The van der Waals surface area contributed by atoms with Crippen LogP contribution in [0.25, 0.3) is 0 Å². The van der Waals surface area contributed by atoms with Crippen molar-refractivity contribution in [3.8, 4) is 17.2 Å². The fraction of sp³-hybridized carbons (Fsp3) is 0.511. The van der Waals surface area contributed by atoms with E-state index in [4.69, 9.17) is 54.1 Å². The van der Waals surface area contributed by atoms with Crippen LogP contribution in [0, 0.1) is 17.3 Å². The van der Waals surface area contributed by atoms with Gasteiger partial charge in [-0.2, -0.15) is 0 Å². The van der Waals surface area contributed by atoms with Crippen molar-refractivity contribution in [1.29, 1.82) is 0 Å². The van der Waals surface area contributed by atoms with E-state index in [0.717, 1.165) is 12.8 Å². The number of nitrogens with zero attached hydrogens (tertiary/aromatic N) is 3. The van der Waals surface area contributed by atoms with Crippen molar-refractivity contribution in [2.45, 2.75) is 98.2 Å². The van der Waals surface area contributed by atoms with E-state index in [9.17, 15) is 19.2 Å². The minimum atomic E-state index is -1.26. The average molecular weight is 930 g/mol. The SMILES string of the molecule is CCCCNC(=O)[C@@H](C[C@H](OC(=O)Oc1cccc(CON(O)O)c1)C(CC(C)(C)CC(=O)N1C[C@H](COCOC)Oc2ccccc21)NC(=O)Oc1cccc(CON(O)O)c1)C(C)C. The molecule has 4 atom stereocenters. The summed E-state index contributed by atoms with van der Waals surface area (Å²) in [5.74, 6) is -0.994. The minimum Gasteiger partial charge on any atom is -0.484 e. The Hall–Kier alpha value is -5.46. The molecule has 0 saturated carbocycles. The molecule has 3 aromatic carbocycles. The first-order chi connectivity index (χ1) is 31.5. The number of hydrogen-bond acceptors (Lipinski definition) is 18. The van der Waals surface area contributed by atoms with Gasteiger partial charge in [-0.1, -0.05) is 77.4 Å². The molecule has 3 aromatic rings. The summed E-state index contributed by atoms with van der Waals surface area (Å²) in [4.78, 5) is 66.9. The van der Waals surface area contributed by atoms with Crippen LogP contribution in [0.1, 0.15) is 77.8 Å². The summed E-state index contributed by atoms with van der Waals surface area (Å²) < 4.78 is 34.1. The summed E-state index contributed by atoms with van der Waals surface area (Å²) in [5, 5.41) is 41.0. The van der Waals surface area contributed by atoms with Crippen molar-refractivity contribution < 1.29 is 78.1 Å². The second-order valence-corrected chi connectivity index (χ2v) is 16.8. The average Bonchev–Trinajstić information content (AvgIpc) is 3.25. The van der Waals surface area contributed by atoms with Crippen LogP contribution >= 0.6 is 0 Å². The first-order valence-corrected chi connectivity index (χ1v) is 21.5. The van der Waals surface area contributed by atoms with E-state index in [0.29, 0.717) is 29.1 Å². The molecule has 1 heterocycles. The lowest BCUT2D eigenvalue weighted by Gasteiger charge is -2.38. The van der Waals surface area contributed by atoms with Crippen molar-refractivity contribution in [1.82, 2.24) is 21.4 Å². The van der Waals surface area contributed by atoms with Crippen molar-refractivity contribution in [3.63, 3.8) is 0 Å². The fourth-order valence-corrected chi connectivity index (χ4v) is 7.27. The first kappa shape index (κ1) is 53.2. The zero-order valence-corrected chi connectivity index (χ0v) is 38.1. The Kier molecular flexibility index (Phi) is 21.4. The van der Waals surface area contributed by atoms with Gasteiger partial charge in [0.1, 0.15) is 36.2 Å². The predicted octanol–water partition coefficient (Wildman–Crippen LogP) is 6.55.